The molecule has 30 heavy (non-hydrogen) atoms. The fourth-order valence-electron chi connectivity index (χ4n) is 4.39. The third-order valence-electron chi connectivity index (χ3n) is 6.33. The number of carbonyl (C=O) groups excluding carboxylic acids is 2. The topological polar surface area (TPSA) is 90.9 Å². The second-order valence-corrected chi connectivity index (χ2v) is 8.69. The first kappa shape index (κ1) is 22.6. The van der Waals surface area contributed by atoms with Crippen LogP contribution in [0, 0.1) is 11.8 Å². The van der Waals surface area contributed by atoms with Gasteiger partial charge in [-0.3, -0.25) is 9.59 Å². The van der Waals surface area contributed by atoms with Gasteiger partial charge >= 0.3 is 0 Å². The third kappa shape index (κ3) is 4.95. The molecule has 1 aliphatic heterocycles. The Labute approximate surface area is 179 Å². The van der Waals surface area contributed by atoms with E-state index in [1.54, 1.807) is 23.1 Å². The quantitative estimate of drug-likeness (QED) is 0.662. The Morgan fingerprint density at radius 2 is 2.03 bits per heavy atom. The highest BCUT2D eigenvalue weighted by Crippen LogP contribution is 2.35. The molecule has 0 bridgehead atoms. The zero-order valence-electron chi connectivity index (χ0n) is 18.3. The van der Waals surface area contributed by atoms with E-state index in [1.807, 2.05) is 20.9 Å². The van der Waals surface area contributed by atoms with Crippen molar-refractivity contribution in [2.45, 2.75) is 58.1 Å². The first-order valence-electron chi connectivity index (χ1n) is 11.1. The molecule has 0 aromatic heterocycles. The van der Waals surface area contributed by atoms with Gasteiger partial charge in [-0.1, -0.05) is 32.3 Å². The van der Waals surface area contributed by atoms with E-state index in [9.17, 15) is 14.7 Å². The molecule has 0 spiro atoms. The Bertz CT molecular complexity index is 748. The van der Waals surface area contributed by atoms with Crippen LogP contribution in [-0.2, 0) is 4.79 Å². The van der Waals surface area contributed by atoms with Crippen molar-refractivity contribution in [2.75, 3.05) is 32.1 Å². The van der Waals surface area contributed by atoms with Gasteiger partial charge in [0.05, 0.1) is 23.9 Å². The first-order chi connectivity index (χ1) is 14.5. The standard InChI is InChI=1S/C23H35N3O4/c1-15-13-26(16(2)14-27)23(29)18-10-7-11-19(21(18)30-20(15)12-24-3)25-22(28)17-8-5-4-6-9-17/h7,10-11,15-17,20,24,27H,4-6,8-9,12-14H2,1-3H3,(H,25,28)/t15-,16-,20+/m1/s1. The lowest BCUT2D eigenvalue weighted by Gasteiger charge is -2.37. The number of ether oxygens (including phenoxy) is 1. The van der Waals surface area contributed by atoms with Gasteiger partial charge in [-0.15, -0.1) is 0 Å². The normalized spacial score (nSPS) is 23.7. The predicted molar refractivity (Wildman–Crippen MR) is 117 cm³/mol. The van der Waals surface area contributed by atoms with Crippen molar-refractivity contribution >= 4 is 17.5 Å². The Morgan fingerprint density at radius 1 is 1.30 bits per heavy atom. The lowest BCUT2D eigenvalue weighted by Crippen LogP contribution is -2.49. The van der Waals surface area contributed by atoms with Crippen LogP contribution in [0.3, 0.4) is 0 Å². The lowest BCUT2D eigenvalue weighted by atomic mass is 9.88. The number of carbonyl (C=O) groups is 2. The first-order valence-corrected chi connectivity index (χ1v) is 11.1. The van der Waals surface area contributed by atoms with E-state index in [0.29, 0.717) is 30.1 Å². The lowest BCUT2D eigenvalue weighted by molar-refractivity contribution is -0.120. The summed E-state index contributed by atoms with van der Waals surface area (Å²) < 4.78 is 6.35. The van der Waals surface area contributed by atoms with E-state index in [4.69, 9.17) is 4.74 Å². The summed E-state index contributed by atoms with van der Waals surface area (Å²) in [7, 11) is 1.87. The van der Waals surface area contributed by atoms with E-state index in [-0.39, 0.29) is 42.4 Å². The van der Waals surface area contributed by atoms with Gasteiger partial charge in [-0.2, -0.15) is 0 Å². The van der Waals surface area contributed by atoms with Gasteiger partial charge in [0, 0.05) is 24.9 Å². The number of likely N-dealkylation sites (N-methyl/N-ethyl adjacent to an activating group) is 1. The molecule has 0 radical (unpaired) electrons. The largest absolute Gasteiger partial charge is 0.486 e. The summed E-state index contributed by atoms with van der Waals surface area (Å²) in [6, 6.07) is 5.00. The van der Waals surface area contributed by atoms with Crippen molar-refractivity contribution in [3.8, 4) is 5.75 Å². The zero-order valence-corrected chi connectivity index (χ0v) is 18.3. The van der Waals surface area contributed by atoms with Gasteiger partial charge in [0.1, 0.15) is 6.10 Å². The van der Waals surface area contributed by atoms with Crippen molar-refractivity contribution in [1.29, 1.82) is 0 Å². The van der Waals surface area contributed by atoms with Crippen molar-refractivity contribution in [1.82, 2.24) is 10.2 Å². The molecule has 3 N–H and O–H groups in total. The van der Waals surface area contributed by atoms with Crippen molar-refractivity contribution in [3.63, 3.8) is 0 Å². The molecule has 1 fully saturated rings. The molecule has 3 rings (SSSR count). The fourth-order valence-corrected chi connectivity index (χ4v) is 4.39. The molecule has 1 saturated carbocycles. The number of hydrogen-bond donors (Lipinski definition) is 3. The maximum Gasteiger partial charge on any atom is 0.258 e. The molecule has 2 amide bonds. The minimum Gasteiger partial charge on any atom is -0.486 e. The molecular formula is C23H35N3O4. The minimum absolute atomic E-state index is 0.00000535. The second-order valence-electron chi connectivity index (χ2n) is 8.69. The number of para-hydroxylation sites is 1. The molecule has 0 saturated heterocycles. The number of fused-ring (bicyclic) bond motifs is 1. The van der Waals surface area contributed by atoms with Crippen LogP contribution in [0.25, 0.3) is 0 Å². The summed E-state index contributed by atoms with van der Waals surface area (Å²) in [6.45, 7) is 4.88. The summed E-state index contributed by atoms with van der Waals surface area (Å²) in [5, 5.41) is 15.9. The van der Waals surface area contributed by atoms with E-state index in [1.165, 1.54) is 6.42 Å². The predicted octanol–water partition coefficient (Wildman–Crippen LogP) is 2.64. The SMILES string of the molecule is CNC[C@@H]1Oc2c(NC(=O)C3CCCCC3)cccc2C(=O)N([C@H](C)CO)C[C@H]1C. The molecule has 7 nitrogen and oxygen atoms in total. The third-order valence-corrected chi connectivity index (χ3v) is 6.33. The van der Waals surface area contributed by atoms with E-state index < -0.39 is 0 Å². The average Bonchev–Trinajstić information content (AvgIpc) is 2.76. The van der Waals surface area contributed by atoms with Gasteiger partial charge < -0.3 is 25.4 Å². The second kappa shape index (κ2) is 10.3. The highest BCUT2D eigenvalue weighted by Gasteiger charge is 2.34. The number of rotatable bonds is 6. The average molecular weight is 418 g/mol. The van der Waals surface area contributed by atoms with E-state index in [0.717, 1.165) is 25.7 Å². The number of hydrogen-bond acceptors (Lipinski definition) is 5. The van der Waals surface area contributed by atoms with Crippen LogP contribution in [0.1, 0.15) is 56.3 Å². The molecule has 1 heterocycles. The van der Waals surface area contributed by atoms with Crippen molar-refractivity contribution in [3.05, 3.63) is 23.8 Å². The van der Waals surface area contributed by atoms with Crippen LogP contribution in [0.5, 0.6) is 5.75 Å². The molecule has 7 heteroatoms. The van der Waals surface area contributed by atoms with Crippen LogP contribution < -0.4 is 15.4 Å². The van der Waals surface area contributed by atoms with Gasteiger partial charge in [0.25, 0.3) is 5.91 Å². The van der Waals surface area contributed by atoms with Crippen LogP contribution in [-0.4, -0.2) is 60.7 Å². The molecular weight excluding hydrogens is 382 g/mol. The van der Waals surface area contributed by atoms with Crippen LogP contribution in [0.2, 0.25) is 0 Å². The van der Waals surface area contributed by atoms with Crippen LogP contribution in [0.15, 0.2) is 18.2 Å². The Kier molecular flexibility index (Phi) is 7.72. The van der Waals surface area contributed by atoms with E-state index in [2.05, 4.69) is 10.6 Å². The van der Waals surface area contributed by atoms with Gasteiger partial charge in [0.15, 0.2) is 5.75 Å². The number of nitrogens with zero attached hydrogens (tertiary/aromatic N) is 1. The minimum atomic E-state index is -0.304. The maximum atomic E-state index is 13.3. The smallest absolute Gasteiger partial charge is 0.258 e. The molecule has 1 aromatic carbocycles. The number of nitrogens with one attached hydrogen (secondary N) is 2. The number of aliphatic hydroxyl groups is 1. The Balaban J connectivity index is 1.96. The van der Waals surface area contributed by atoms with Crippen LogP contribution in [0.4, 0.5) is 5.69 Å². The molecule has 2 aliphatic rings. The molecule has 1 aromatic rings. The summed E-state index contributed by atoms with van der Waals surface area (Å²) in [5.41, 5.74) is 0.966. The highest BCUT2D eigenvalue weighted by molar-refractivity contribution is 6.02. The summed E-state index contributed by atoms with van der Waals surface area (Å²) in [5.74, 6) is 0.297. The number of benzene rings is 1. The van der Waals surface area contributed by atoms with Crippen LogP contribution >= 0.6 is 0 Å². The molecule has 0 unspecified atom stereocenters. The Morgan fingerprint density at radius 3 is 2.70 bits per heavy atom. The zero-order chi connectivity index (χ0) is 21.7. The Hall–Kier alpha value is -2.12. The highest BCUT2D eigenvalue weighted by atomic mass is 16.5. The summed E-state index contributed by atoms with van der Waals surface area (Å²) in [4.78, 5) is 27.9. The van der Waals surface area contributed by atoms with Crippen molar-refractivity contribution in [2.24, 2.45) is 11.8 Å². The fraction of sp³-hybridized carbons (Fsp3) is 0.652. The molecule has 1 aliphatic carbocycles. The summed E-state index contributed by atoms with van der Waals surface area (Å²) in [6.07, 6.45) is 4.97. The number of aliphatic hydroxyl groups excluding tert-OH is 1. The van der Waals surface area contributed by atoms with E-state index >= 15 is 0 Å². The van der Waals surface area contributed by atoms with Gasteiger partial charge in [0.2, 0.25) is 5.91 Å². The van der Waals surface area contributed by atoms with Gasteiger partial charge in [-0.25, -0.2) is 0 Å². The number of anilines is 1. The van der Waals surface area contributed by atoms with Crippen molar-refractivity contribution < 1.29 is 19.4 Å². The number of amides is 2. The maximum absolute atomic E-state index is 13.3. The molecule has 166 valence electrons. The monoisotopic (exact) mass is 417 g/mol. The summed E-state index contributed by atoms with van der Waals surface area (Å²) >= 11 is 0. The van der Waals surface area contributed by atoms with Gasteiger partial charge in [-0.05, 0) is 38.9 Å². The molecule has 3 atom stereocenters.